The quantitative estimate of drug-likeness (QED) is 0.497. The molecule has 0 radical (unpaired) electrons. The molecular formula is C26H54N2. The largest absolute Gasteiger partial charge is 0.300 e. The lowest BCUT2D eigenvalue weighted by Crippen LogP contribution is -2.42. The van der Waals surface area contributed by atoms with Crippen LogP contribution in [0.1, 0.15) is 89.5 Å². The van der Waals surface area contributed by atoms with Crippen LogP contribution in [0, 0.1) is 41.4 Å². The van der Waals surface area contributed by atoms with Crippen molar-refractivity contribution in [1.29, 1.82) is 0 Å². The van der Waals surface area contributed by atoms with Gasteiger partial charge in [-0.3, -0.25) is 4.90 Å². The van der Waals surface area contributed by atoms with E-state index in [2.05, 4.69) is 92.9 Å². The molecule has 0 saturated carbocycles. The number of likely N-dealkylation sites (tertiary alicyclic amines) is 2. The summed E-state index contributed by atoms with van der Waals surface area (Å²) in [7, 11) is 0. The molecule has 0 aliphatic carbocycles. The van der Waals surface area contributed by atoms with Gasteiger partial charge in [-0.05, 0) is 82.1 Å². The second-order valence-electron chi connectivity index (χ2n) is 11.6. The first-order chi connectivity index (χ1) is 12.9. The molecule has 4 atom stereocenters. The van der Waals surface area contributed by atoms with E-state index in [1.807, 2.05) is 0 Å². The van der Waals surface area contributed by atoms with Gasteiger partial charge in [0, 0.05) is 31.2 Å². The van der Waals surface area contributed by atoms with Gasteiger partial charge in [0.15, 0.2) is 0 Å². The van der Waals surface area contributed by atoms with Crippen molar-refractivity contribution >= 4 is 0 Å². The molecule has 0 N–H and O–H groups in total. The zero-order chi connectivity index (χ0) is 21.8. The first kappa shape index (κ1) is 26.0. The van der Waals surface area contributed by atoms with Crippen LogP contribution in [0.25, 0.3) is 0 Å². The third-order valence-corrected chi connectivity index (χ3v) is 7.63. The standard InChI is InChI=1S/2C13H27N/c1-9(2)12-7-14(11(5)6)8-13(12)10(3)4;1-9(2)12-7-8-14(11(5)6)13(12)10(3)4/h2*9-13H,7-8H2,1-6H3. The SMILES string of the molecule is CC(C)C1CCN(C(C)C)C1C(C)C.CC(C)C1CN(C(C)C)CC1C(C)C. The summed E-state index contributed by atoms with van der Waals surface area (Å²) in [6.07, 6.45) is 1.40. The molecule has 0 amide bonds. The van der Waals surface area contributed by atoms with Gasteiger partial charge in [-0.25, -0.2) is 0 Å². The molecule has 2 nitrogen and oxygen atoms in total. The van der Waals surface area contributed by atoms with E-state index in [-0.39, 0.29) is 0 Å². The van der Waals surface area contributed by atoms with Gasteiger partial charge in [0.2, 0.25) is 0 Å². The first-order valence-electron chi connectivity index (χ1n) is 12.4. The Labute approximate surface area is 178 Å². The molecule has 0 aromatic heterocycles. The molecule has 0 aromatic rings. The minimum Gasteiger partial charge on any atom is -0.300 e. The van der Waals surface area contributed by atoms with Crippen LogP contribution in [0.15, 0.2) is 0 Å². The third kappa shape index (κ3) is 6.73. The summed E-state index contributed by atoms with van der Waals surface area (Å²) in [5.74, 6) is 6.06. The summed E-state index contributed by atoms with van der Waals surface area (Å²) < 4.78 is 0. The fraction of sp³-hybridized carbons (Fsp3) is 1.00. The molecule has 2 aliphatic heterocycles. The number of hydrogen-bond acceptors (Lipinski definition) is 2. The normalized spacial score (nSPS) is 29.8. The van der Waals surface area contributed by atoms with Gasteiger partial charge in [-0.2, -0.15) is 0 Å². The molecule has 4 unspecified atom stereocenters. The molecule has 2 heterocycles. The van der Waals surface area contributed by atoms with Gasteiger partial charge in [0.25, 0.3) is 0 Å². The summed E-state index contributed by atoms with van der Waals surface area (Å²) in [5.41, 5.74) is 0. The van der Waals surface area contributed by atoms with Gasteiger partial charge < -0.3 is 4.90 Å². The topological polar surface area (TPSA) is 6.48 Å². The maximum absolute atomic E-state index is 2.70. The van der Waals surface area contributed by atoms with E-state index < -0.39 is 0 Å². The molecule has 28 heavy (non-hydrogen) atoms. The maximum Gasteiger partial charge on any atom is 0.0152 e. The first-order valence-corrected chi connectivity index (χ1v) is 12.4. The molecule has 2 rings (SSSR count). The van der Waals surface area contributed by atoms with Crippen LogP contribution in [0.5, 0.6) is 0 Å². The lowest BCUT2D eigenvalue weighted by Gasteiger charge is -2.35. The van der Waals surface area contributed by atoms with Crippen molar-refractivity contribution in [2.24, 2.45) is 41.4 Å². The van der Waals surface area contributed by atoms with Crippen LogP contribution in [0.4, 0.5) is 0 Å². The lowest BCUT2D eigenvalue weighted by molar-refractivity contribution is 0.125. The summed E-state index contributed by atoms with van der Waals surface area (Å²) in [5, 5.41) is 0. The lowest BCUT2D eigenvalue weighted by atomic mass is 9.80. The minimum absolute atomic E-state index is 0.714. The zero-order valence-corrected chi connectivity index (χ0v) is 21.5. The van der Waals surface area contributed by atoms with Crippen LogP contribution in [0.3, 0.4) is 0 Å². The van der Waals surface area contributed by atoms with Gasteiger partial charge >= 0.3 is 0 Å². The van der Waals surface area contributed by atoms with E-state index >= 15 is 0 Å². The highest BCUT2D eigenvalue weighted by atomic mass is 15.2. The number of hydrogen-bond donors (Lipinski definition) is 0. The highest BCUT2D eigenvalue weighted by molar-refractivity contribution is 4.91. The van der Waals surface area contributed by atoms with Crippen LogP contribution >= 0.6 is 0 Å². The van der Waals surface area contributed by atoms with Crippen molar-refractivity contribution in [3.8, 4) is 0 Å². The second-order valence-corrected chi connectivity index (χ2v) is 11.6. The van der Waals surface area contributed by atoms with Gasteiger partial charge in [0.05, 0.1) is 0 Å². The Morgan fingerprint density at radius 1 is 0.536 bits per heavy atom. The number of rotatable bonds is 6. The van der Waals surface area contributed by atoms with Crippen LogP contribution in [-0.2, 0) is 0 Å². The fourth-order valence-corrected chi connectivity index (χ4v) is 5.79. The van der Waals surface area contributed by atoms with Crippen molar-refractivity contribution in [3.63, 3.8) is 0 Å². The average Bonchev–Trinajstić information content (AvgIpc) is 3.20. The molecule has 2 saturated heterocycles. The Balaban J connectivity index is 0.000000280. The molecule has 168 valence electrons. The summed E-state index contributed by atoms with van der Waals surface area (Å²) >= 11 is 0. The summed E-state index contributed by atoms with van der Waals surface area (Å²) in [6.45, 7) is 32.3. The fourth-order valence-electron chi connectivity index (χ4n) is 5.79. The predicted octanol–water partition coefficient (Wildman–Crippen LogP) is 6.65. The average molecular weight is 395 g/mol. The van der Waals surface area contributed by atoms with Gasteiger partial charge in [-0.15, -0.1) is 0 Å². The van der Waals surface area contributed by atoms with E-state index in [9.17, 15) is 0 Å². The Morgan fingerprint density at radius 3 is 1.25 bits per heavy atom. The van der Waals surface area contributed by atoms with Crippen molar-refractivity contribution < 1.29 is 0 Å². The smallest absolute Gasteiger partial charge is 0.0152 e. The van der Waals surface area contributed by atoms with Crippen molar-refractivity contribution in [2.75, 3.05) is 19.6 Å². The highest BCUT2D eigenvalue weighted by Gasteiger charge is 2.38. The summed E-state index contributed by atoms with van der Waals surface area (Å²) in [4.78, 5) is 5.35. The van der Waals surface area contributed by atoms with Crippen molar-refractivity contribution in [2.45, 2.75) is 108 Å². The van der Waals surface area contributed by atoms with E-state index in [1.54, 1.807) is 0 Å². The van der Waals surface area contributed by atoms with Crippen LogP contribution in [0.2, 0.25) is 0 Å². The van der Waals surface area contributed by atoms with Crippen molar-refractivity contribution in [3.05, 3.63) is 0 Å². The van der Waals surface area contributed by atoms with E-state index in [0.717, 1.165) is 53.5 Å². The predicted molar refractivity (Wildman–Crippen MR) is 127 cm³/mol. The zero-order valence-electron chi connectivity index (χ0n) is 21.5. The van der Waals surface area contributed by atoms with Gasteiger partial charge in [0.1, 0.15) is 0 Å². The van der Waals surface area contributed by atoms with Crippen LogP contribution in [-0.4, -0.2) is 47.6 Å². The Kier molecular flexibility index (Phi) is 10.5. The van der Waals surface area contributed by atoms with Crippen molar-refractivity contribution in [1.82, 2.24) is 9.80 Å². The monoisotopic (exact) mass is 394 g/mol. The second kappa shape index (κ2) is 11.3. The molecule has 2 aliphatic rings. The van der Waals surface area contributed by atoms with E-state index in [4.69, 9.17) is 0 Å². The molecular weight excluding hydrogens is 340 g/mol. The molecule has 0 aromatic carbocycles. The Morgan fingerprint density at radius 2 is 0.964 bits per heavy atom. The molecule has 2 heteroatoms. The van der Waals surface area contributed by atoms with Crippen LogP contribution < -0.4 is 0 Å². The van der Waals surface area contributed by atoms with E-state index in [0.29, 0.717) is 6.04 Å². The third-order valence-electron chi connectivity index (χ3n) is 7.63. The minimum atomic E-state index is 0.714. The molecule has 0 spiro atoms. The van der Waals surface area contributed by atoms with E-state index in [1.165, 1.54) is 26.1 Å². The van der Waals surface area contributed by atoms with Gasteiger partial charge in [-0.1, -0.05) is 55.4 Å². The summed E-state index contributed by atoms with van der Waals surface area (Å²) in [6, 6.07) is 2.25. The Hall–Kier alpha value is -0.0800. The Bertz CT molecular complexity index is 380. The maximum atomic E-state index is 2.70. The number of nitrogens with zero attached hydrogens (tertiary/aromatic N) is 2. The molecule has 2 fully saturated rings. The highest BCUT2D eigenvalue weighted by Crippen LogP contribution is 2.36. The molecule has 0 bridgehead atoms.